The zero-order valence-corrected chi connectivity index (χ0v) is 16.3. The molecule has 144 valence electrons. The Kier molecular flexibility index (Phi) is 6.17. The van der Waals surface area contributed by atoms with E-state index in [0.717, 1.165) is 38.1 Å². The van der Waals surface area contributed by atoms with Crippen molar-refractivity contribution in [1.29, 1.82) is 0 Å². The normalized spacial score (nSPS) is 19.8. The van der Waals surface area contributed by atoms with Gasteiger partial charge in [-0.25, -0.2) is 4.98 Å². The summed E-state index contributed by atoms with van der Waals surface area (Å²) in [5.74, 6) is 1.93. The van der Waals surface area contributed by atoms with Gasteiger partial charge in [0.1, 0.15) is 5.60 Å². The Balaban J connectivity index is 1.61. The van der Waals surface area contributed by atoms with E-state index < -0.39 is 5.60 Å². The molecule has 0 amide bonds. The molecule has 3 rings (SSSR count). The first-order valence-corrected chi connectivity index (χ1v) is 9.92. The van der Waals surface area contributed by atoms with Crippen LogP contribution in [0.4, 0.5) is 0 Å². The highest BCUT2D eigenvalue weighted by Crippen LogP contribution is 2.45. The molecule has 1 saturated carbocycles. The zero-order chi connectivity index (χ0) is 18.6. The van der Waals surface area contributed by atoms with Crippen LogP contribution in [0.25, 0.3) is 0 Å². The Bertz CT molecular complexity index is 602. The van der Waals surface area contributed by atoms with E-state index in [2.05, 4.69) is 10.3 Å². The van der Waals surface area contributed by atoms with Gasteiger partial charge in [-0.2, -0.15) is 0 Å². The lowest BCUT2D eigenvalue weighted by Gasteiger charge is -2.23. The van der Waals surface area contributed by atoms with Crippen molar-refractivity contribution < 1.29 is 14.3 Å². The number of nitrogens with one attached hydrogen (secondary N) is 1. The second-order valence-electron chi connectivity index (χ2n) is 8.67. The highest BCUT2D eigenvalue weighted by molar-refractivity contribution is 5.71. The van der Waals surface area contributed by atoms with Gasteiger partial charge in [0.15, 0.2) is 0 Å². The fraction of sp³-hybridized carbons (Fsp3) is 0.714. The molecule has 2 heterocycles. The Morgan fingerprint density at radius 1 is 1.27 bits per heavy atom. The maximum Gasteiger partial charge on any atom is 0.306 e. The number of pyridine rings is 1. The van der Waals surface area contributed by atoms with Crippen LogP contribution in [0.3, 0.4) is 0 Å². The number of hydrogen-bond donors (Lipinski definition) is 1. The quantitative estimate of drug-likeness (QED) is 0.752. The number of esters is 1. The zero-order valence-electron chi connectivity index (χ0n) is 16.3. The smallest absolute Gasteiger partial charge is 0.306 e. The molecule has 0 bridgehead atoms. The molecule has 1 saturated heterocycles. The molecule has 1 atom stereocenters. The molecule has 0 aromatic carbocycles. The van der Waals surface area contributed by atoms with E-state index in [-0.39, 0.29) is 11.9 Å². The minimum Gasteiger partial charge on any atom is -0.477 e. The maximum atomic E-state index is 12.3. The summed E-state index contributed by atoms with van der Waals surface area (Å²) in [4.78, 5) is 16.7. The van der Waals surface area contributed by atoms with Gasteiger partial charge in [0, 0.05) is 12.3 Å². The highest BCUT2D eigenvalue weighted by Gasteiger charge is 2.35. The third kappa shape index (κ3) is 5.97. The number of carbonyl (C=O) groups is 1. The van der Waals surface area contributed by atoms with Crippen molar-refractivity contribution in [3.63, 3.8) is 0 Å². The van der Waals surface area contributed by atoms with Crippen LogP contribution < -0.4 is 10.1 Å². The SMILES string of the molecule is CC(C)(C)OC(=O)C[C@H](c1ccnc(OCC2CCNCC2)c1)C1CC1. The summed E-state index contributed by atoms with van der Waals surface area (Å²) >= 11 is 0. The van der Waals surface area contributed by atoms with E-state index >= 15 is 0 Å². The first kappa shape index (κ1) is 19.2. The van der Waals surface area contributed by atoms with Crippen molar-refractivity contribution in [2.45, 2.75) is 64.4 Å². The van der Waals surface area contributed by atoms with Crippen molar-refractivity contribution in [3.8, 4) is 5.88 Å². The lowest BCUT2D eigenvalue weighted by Crippen LogP contribution is -2.30. The van der Waals surface area contributed by atoms with Crippen LogP contribution in [0, 0.1) is 11.8 Å². The predicted octanol–water partition coefficient (Wildman–Crippen LogP) is 3.69. The number of piperidine rings is 1. The van der Waals surface area contributed by atoms with Crippen molar-refractivity contribution >= 4 is 5.97 Å². The summed E-state index contributed by atoms with van der Waals surface area (Å²) < 4.78 is 11.5. The highest BCUT2D eigenvalue weighted by atomic mass is 16.6. The van der Waals surface area contributed by atoms with Crippen LogP contribution >= 0.6 is 0 Å². The summed E-state index contributed by atoms with van der Waals surface area (Å²) in [6.07, 6.45) is 6.91. The minimum absolute atomic E-state index is 0.122. The first-order valence-electron chi connectivity index (χ1n) is 9.92. The van der Waals surface area contributed by atoms with E-state index in [1.54, 1.807) is 6.20 Å². The Labute approximate surface area is 156 Å². The largest absolute Gasteiger partial charge is 0.477 e. The van der Waals surface area contributed by atoms with Gasteiger partial charge in [-0.15, -0.1) is 0 Å². The average molecular weight is 360 g/mol. The molecule has 0 spiro atoms. The topological polar surface area (TPSA) is 60.5 Å². The molecule has 5 heteroatoms. The van der Waals surface area contributed by atoms with Gasteiger partial charge >= 0.3 is 5.97 Å². The number of rotatable bonds is 7. The molecule has 26 heavy (non-hydrogen) atoms. The molecule has 1 aromatic rings. The van der Waals surface area contributed by atoms with Crippen LogP contribution in [0.1, 0.15) is 64.4 Å². The van der Waals surface area contributed by atoms with Crippen molar-refractivity contribution in [3.05, 3.63) is 23.9 Å². The molecule has 5 nitrogen and oxygen atoms in total. The molecule has 2 aliphatic rings. The van der Waals surface area contributed by atoms with E-state index in [1.807, 2.05) is 32.9 Å². The van der Waals surface area contributed by atoms with Gasteiger partial charge in [-0.05, 0) is 88.9 Å². The molecule has 1 aromatic heterocycles. The average Bonchev–Trinajstić information content (AvgIpc) is 3.42. The van der Waals surface area contributed by atoms with Crippen molar-refractivity contribution in [2.24, 2.45) is 11.8 Å². The van der Waals surface area contributed by atoms with Crippen molar-refractivity contribution in [1.82, 2.24) is 10.3 Å². The standard InChI is InChI=1S/C21H32N2O3/c1-21(2,3)26-20(24)13-18(16-4-5-16)17-8-11-23-19(12-17)25-14-15-6-9-22-10-7-15/h8,11-12,15-16,18,22H,4-7,9-10,13-14H2,1-3H3/t18-/m0/s1. The number of nitrogens with zero attached hydrogens (tertiary/aromatic N) is 1. The van der Waals surface area contributed by atoms with Gasteiger partial charge in [0.05, 0.1) is 13.0 Å². The minimum atomic E-state index is -0.438. The molecule has 0 unspecified atom stereocenters. The van der Waals surface area contributed by atoms with Crippen molar-refractivity contribution in [2.75, 3.05) is 19.7 Å². The molecule has 1 aliphatic carbocycles. The molecule has 1 aliphatic heterocycles. The lowest BCUT2D eigenvalue weighted by atomic mass is 9.91. The second kappa shape index (κ2) is 8.38. The number of hydrogen-bond acceptors (Lipinski definition) is 5. The van der Waals surface area contributed by atoms with E-state index in [0.29, 0.717) is 24.1 Å². The molecule has 2 fully saturated rings. The molecule has 1 N–H and O–H groups in total. The lowest BCUT2D eigenvalue weighted by molar-refractivity contribution is -0.155. The fourth-order valence-corrected chi connectivity index (χ4v) is 3.60. The third-order valence-corrected chi connectivity index (χ3v) is 5.11. The monoisotopic (exact) mass is 360 g/mol. The molecular weight excluding hydrogens is 328 g/mol. The Morgan fingerprint density at radius 2 is 2.00 bits per heavy atom. The van der Waals surface area contributed by atoms with E-state index in [1.165, 1.54) is 12.8 Å². The van der Waals surface area contributed by atoms with Crippen LogP contribution in [-0.4, -0.2) is 36.3 Å². The van der Waals surface area contributed by atoms with E-state index in [9.17, 15) is 4.79 Å². The summed E-state index contributed by atoms with van der Waals surface area (Å²) in [6.45, 7) is 8.60. The van der Waals surface area contributed by atoms with Gasteiger partial charge < -0.3 is 14.8 Å². The predicted molar refractivity (Wildman–Crippen MR) is 101 cm³/mol. The summed E-state index contributed by atoms with van der Waals surface area (Å²) in [5.41, 5.74) is 0.709. The third-order valence-electron chi connectivity index (χ3n) is 5.11. The van der Waals surface area contributed by atoms with E-state index in [4.69, 9.17) is 9.47 Å². The van der Waals surface area contributed by atoms with Gasteiger partial charge in [0.2, 0.25) is 5.88 Å². The fourth-order valence-electron chi connectivity index (χ4n) is 3.60. The maximum absolute atomic E-state index is 12.3. The Hall–Kier alpha value is -1.62. The first-order chi connectivity index (χ1) is 12.4. The number of carbonyl (C=O) groups excluding carboxylic acids is 1. The van der Waals surface area contributed by atoms with Gasteiger partial charge in [0.25, 0.3) is 0 Å². The van der Waals surface area contributed by atoms with Gasteiger partial charge in [-0.3, -0.25) is 4.79 Å². The number of ether oxygens (including phenoxy) is 2. The van der Waals surface area contributed by atoms with Crippen LogP contribution in [-0.2, 0) is 9.53 Å². The Morgan fingerprint density at radius 3 is 2.65 bits per heavy atom. The second-order valence-corrected chi connectivity index (χ2v) is 8.67. The molecule has 0 radical (unpaired) electrons. The van der Waals surface area contributed by atoms with Crippen LogP contribution in [0.5, 0.6) is 5.88 Å². The van der Waals surface area contributed by atoms with Gasteiger partial charge in [-0.1, -0.05) is 0 Å². The summed E-state index contributed by atoms with van der Waals surface area (Å²) in [7, 11) is 0. The number of aromatic nitrogens is 1. The van der Waals surface area contributed by atoms with Crippen LogP contribution in [0.15, 0.2) is 18.3 Å². The summed E-state index contributed by atoms with van der Waals surface area (Å²) in [6, 6.07) is 4.04. The molecular formula is C21H32N2O3. The van der Waals surface area contributed by atoms with Crippen LogP contribution in [0.2, 0.25) is 0 Å². The summed E-state index contributed by atoms with van der Waals surface area (Å²) in [5, 5.41) is 3.38.